The van der Waals surface area contributed by atoms with Gasteiger partial charge in [0.1, 0.15) is 0 Å². The highest BCUT2D eigenvalue weighted by molar-refractivity contribution is 8.08. The van der Waals surface area contributed by atoms with Gasteiger partial charge in [0.2, 0.25) is 0 Å². The third kappa shape index (κ3) is 2.80. The Labute approximate surface area is 119 Å². The lowest BCUT2D eigenvalue weighted by Crippen LogP contribution is -2.23. The summed E-state index contributed by atoms with van der Waals surface area (Å²) in [6.07, 6.45) is 2.95. The molecule has 0 spiro atoms. The molecule has 0 saturated carbocycles. The first kappa shape index (κ1) is 14.4. The molecule has 2 aromatic rings. The van der Waals surface area contributed by atoms with Crippen LogP contribution in [0.3, 0.4) is 0 Å². The Hall–Kier alpha value is -0.980. The summed E-state index contributed by atoms with van der Waals surface area (Å²) < 4.78 is 13.8. The minimum atomic E-state index is -2.57. The van der Waals surface area contributed by atoms with E-state index in [1.807, 2.05) is 66.9 Å². The molecule has 0 aromatic heterocycles. The van der Waals surface area contributed by atoms with Crippen molar-refractivity contribution in [3.8, 4) is 0 Å². The van der Waals surface area contributed by atoms with Gasteiger partial charge in [-0.2, -0.15) is 11.8 Å². The molecule has 0 N–H and O–H groups in total. The zero-order chi connectivity index (χ0) is 13.7. The Morgan fingerprint density at radius 2 is 1.37 bits per heavy atom. The average Bonchev–Trinajstić information content (AvgIpc) is 2.50. The first-order chi connectivity index (χ1) is 9.23. The molecule has 0 aliphatic rings. The van der Waals surface area contributed by atoms with Gasteiger partial charge in [0, 0.05) is 10.6 Å². The molecule has 2 aromatic carbocycles. The van der Waals surface area contributed by atoms with Gasteiger partial charge < -0.3 is 4.57 Å². The first-order valence-electron chi connectivity index (χ1n) is 6.47. The fraction of sp³-hybridized carbons (Fsp3) is 0.250. The Morgan fingerprint density at radius 1 is 0.947 bits per heavy atom. The predicted octanol–water partition coefficient (Wildman–Crippen LogP) is 4.10. The minimum absolute atomic E-state index is 0.136. The number of benzene rings is 2. The van der Waals surface area contributed by atoms with Crippen LogP contribution in [0.5, 0.6) is 0 Å². The van der Waals surface area contributed by atoms with E-state index in [0.29, 0.717) is 0 Å². The molecule has 1 unspecified atom stereocenters. The van der Waals surface area contributed by atoms with Crippen LogP contribution in [0.4, 0.5) is 0 Å². The van der Waals surface area contributed by atoms with Crippen molar-refractivity contribution in [1.82, 2.24) is 0 Å². The zero-order valence-electron chi connectivity index (χ0n) is 11.3. The van der Waals surface area contributed by atoms with Gasteiger partial charge in [0.25, 0.3) is 0 Å². The van der Waals surface area contributed by atoms with E-state index in [9.17, 15) is 4.57 Å². The second-order valence-corrected chi connectivity index (χ2v) is 8.79. The minimum Gasteiger partial charge on any atom is -0.312 e. The molecule has 1 nitrogen and oxygen atoms in total. The molecule has 3 heteroatoms. The molecule has 0 saturated heterocycles. The number of thioether (sulfide) groups is 1. The van der Waals surface area contributed by atoms with Gasteiger partial charge in [0.05, 0.1) is 4.99 Å². The number of rotatable bonds is 5. The summed E-state index contributed by atoms with van der Waals surface area (Å²) in [5, 5.41) is 1.92. The number of hydrogen-bond acceptors (Lipinski definition) is 2. The van der Waals surface area contributed by atoms with Crippen molar-refractivity contribution in [2.24, 2.45) is 0 Å². The van der Waals surface area contributed by atoms with Crippen LogP contribution in [0.2, 0.25) is 0 Å². The fourth-order valence-corrected chi connectivity index (χ4v) is 7.31. The molecule has 2 rings (SSSR count). The van der Waals surface area contributed by atoms with Gasteiger partial charge in [-0.25, -0.2) is 0 Å². The summed E-state index contributed by atoms with van der Waals surface area (Å²) in [4.78, 5) is 0.136. The lowest BCUT2D eigenvalue weighted by Gasteiger charge is -2.26. The molecule has 0 heterocycles. The molecule has 0 radical (unpaired) electrons. The van der Waals surface area contributed by atoms with Crippen molar-refractivity contribution in [1.29, 1.82) is 0 Å². The van der Waals surface area contributed by atoms with E-state index in [1.165, 1.54) is 0 Å². The molecule has 0 fully saturated rings. The first-order valence-corrected chi connectivity index (χ1v) is 9.53. The van der Waals surface area contributed by atoms with Crippen molar-refractivity contribution in [2.75, 3.05) is 6.26 Å². The van der Waals surface area contributed by atoms with Gasteiger partial charge in [0.15, 0.2) is 7.14 Å². The Morgan fingerprint density at radius 3 is 1.68 bits per heavy atom. The van der Waals surface area contributed by atoms with E-state index in [0.717, 1.165) is 17.0 Å². The largest absolute Gasteiger partial charge is 0.312 e. The highest BCUT2D eigenvalue weighted by Crippen LogP contribution is 2.53. The Kier molecular flexibility index (Phi) is 4.90. The molecular weight excluding hydrogens is 271 g/mol. The van der Waals surface area contributed by atoms with E-state index < -0.39 is 7.14 Å². The van der Waals surface area contributed by atoms with Gasteiger partial charge in [-0.15, -0.1) is 0 Å². The maximum Gasteiger partial charge on any atom is 0.155 e. The predicted molar refractivity (Wildman–Crippen MR) is 87.4 cm³/mol. The van der Waals surface area contributed by atoms with E-state index in [2.05, 4.69) is 6.92 Å². The quantitative estimate of drug-likeness (QED) is 0.771. The lowest BCUT2D eigenvalue weighted by atomic mass is 10.4. The Bertz CT molecular complexity index is 506. The topological polar surface area (TPSA) is 17.1 Å². The van der Waals surface area contributed by atoms with Crippen LogP contribution in [0.15, 0.2) is 60.7 Å². The third-order valence-corrected chi connectivity index (χ3v) is 9.01. The Balaban J connectivity index is 2.61. The van der Waals surface area contributed by atoms with Crippen LogP contribution >= 0.6 is 18.9 Å². The monoisotopic (exact) mass is 290 g/mol. The standard InChI is InChI=1S/C16H19OPS/c1-3-16(19-2)18(17,14-10-6-4-7-11-14)15-12-8-5-9-13-15/h4-13,16H,3H2,1-2H3. The van der Waals surface area contributed by atoms with Crippen molar-refractivity contribution < 1.29 is 4.57 Å². The summed E-state index contributed by atoms with van der Waals surface area (Å²) >= 11 is 1.70. The van der Waals surface area contributed by atoms with Crippen molar-refractivity contribution in [3.63, 3.8) is 0 Å². The molecule has 0 amide bonds. The highest BCUT2D eigenvalue weighted by atomic mass is 32.2. The summed E-state index contributed by atoms with van der Waals surface area (Å²) in [6.45, 7) is 2.11. The lowest BCUT2D eigenvalue weighted by molar-refractivity contribution is 0.584. The van der Waals surface area contributed by atoms with Gasteiger partial charge in [-0.05, 0) is 12.7 Å². The van der Waals surface area contributed by atoms with Crippen LogP contribution in [0.25, 0.3) is 0 Å². The van der Waals surface area contributed by atoms with Crippen LogP contribution in [0.1, 0.15) is 13.3 Å². The highest BCUT2D eigenvalue weighted by Gasteiger charge is 2.34. The maximum absolute atomic E-state index is 13.8. The van der Waals surface area contributed by atoms with E-state index in [4.69, 9.17) is 0 Å². The van der Waals surface area contributed by atoms with Crippen LogP contribution in [-0.2, 0) is 4.57 Å². The summed E-state index contributed by atoms with van der Waals surface area (Å²) in [5.41, 5.74) is 0. The normalized spacial score (nSPS) is 13.2. The van der Waals surface area contributed by atoms with E-state index in [1.54, 1.807) is 11.8 Å². The van der Waals surface area contributed by atoms with E-state index >= 15 is 0 Å². The molecule has 0 bridgehead atoms. The SMILES string of the molecule is CCC(SC)P(=O)(c1ccccc1)c1ccccc1. The molecule has 0 aliphatic carbocycles. The van der Waals surface area contributed by atoms with Gasteiger partial charge >= 0.3 is 0 Å². The average molecular weight is 290 g/mol. The van der Waals surface area contributed by atoms with Gasteiger partial charge in [-0.1, -0.05) is 67.6 Å². The van der Waals surface area contributed by atoms with Crippen LogP contribution < -0.4 is 10.6 Å². The van der Waals surface area contributed by atoms with Crippen molar-refractivity contribution >= 4 is 29.5 Å². The zero-order valence-corrected chi connectivity index (χ0v) is 13.0. The van der Waals surface area contributed by atoms with Gasteiger partial charge in [-0.3, -0.25) is 0 Å². The second kappa shape index (κ2) is 6.45. The smallest absolute Gasteiger partial charge is 0.155 e. The number of hydrogen-bond donors (Lipinski definition) is 0. The molecular formula is C16H19OPS. The third-order valence-electron chi connectivity index (χ3n) is 3.31. The van der Waals surface area contributed by atoms with E-state index in [-0.39, 0.29) is 4.99 Å². The molecule has 19 heavy (non-hydrogen) atoms. The molecule has 1 atom stereocenters. The second-order valence-electron chi connectivity index (χ2n) is 4.43. The summed E-state index contributed by atoms with van der Waals surface area (Å²) in [5.74, 6) is 0. The van der Waals surface area contributed by atoms with Crippen molar-refractivity contribution in [2.45, 2.75) is 18.3 Å². The van der Waals surface area contributed by atoms with Crippen LogP contribution in [0, 0.1) is 0 Å². The molecule has 100 valence electrons. The van der Waals surface area contributed by atoms with Crippen molar-refractivity contribution in [3.05, 3.63) is 60.7 Å². The van der Waals surface area contributed by atoms with Crippen LogP contribution in [-0.4, -0.2) is 11.2 Å². The fourth-order valence-electron chi connectivity index (χ4n) is 2.35. The summed E-state index contributed by atoms with van der Waals surface area (Å²) in [6, 6.07) is 19.8. The summed E-state index contributed by atoms with van der Waals surface area (Å²) in [7, 11) is -2.57. The molecule has 0 aliphatic heterocycles. The maximum atomic E-state index is 13.8.